The van der Waals surface area contributed by atoms with Gasteiger partial charge in [0.05, 0.1) is 0 Å². The number of nitrogens with zero attached hydrogens (tertiary/aromatic N) is 1. The average molecular weight is 541 g/mol. The summed E-state index contributed by atoms with van der Waals surface area (Å²) in [4.78, 5) is 28.3. The van der Waals surface area contributed by atoms with Crippen molar-refractivity contribution in [2.45, 2.75) is 45.8 Å². The molecule has 0 radical (unpaired) electrons. The first kappa shape index (κ1) is 26.4. The van der Waals surface area contributed by atoms with E-state index >= 15 is 0 Å². The second kappa shape index (κ2) is 12.5. The van der Waals surface area contributed by atoms with Crippen LogP contribution in [0.25, 0.3) is 0 Å². The molecule has 0 aliphatic rings. The summed E-state index contributed by atoms with van der Waals surface area (Å²) in [6, 6.07) is 20.1. The van der Waals surface area contributed by atoms with Gasteiger partial charge in [-0.3, -0.25) is 9.59 Å². The molecule has 0 aliphatic carbocycles. The Kier molecular flexibility index (Phi) is 9.43. The lowest BCUT2D eigenvalue weighted by Crippen LogP contribution is -2.52. The summed E-state index contributed by atoms with van der Waals surface area (Å²) in [7, 11) is 0. The first-order chi connectivity index (χ1) is 16.7. The minimum absolute atomic E-state index is 0.0921. The first-order valence-corrected chi connectivity index (χ1v) is 12.3. The van der Waals surface area contributed by atoms with E-state index < -0.39 is 6.04 Å². The molecule has 2 amide bonds. The molecule has 0 saturated carbocycles. The number of hydrogen-bond donors (Lipinski definition) is 1. The van der Waals surface area contributed by atoms with Crippen LogP contribution in [0.3, 0.4) is 0 Å². The van der Waals surface area contributed by atoms with E-state index in [0.29, 0.717) is 12.2 Å². The van der Waals surface area contributed by atoms with Crippen LogP contribution < -0.4 is 10.1 Å². The third kappa shape index (κ3) is 7.92. The Labute approximate surface area is 214 Å². The summed E-state index contributed by atoms with van der Waals surface area (Å²) in [5.74, 6) is -0.389. The Morgan fingerprint density at radius 2 is 1.69 bits per heavy atom. The summed E-state index contributed by atoms with van der Waals surface area (Å²) in [5, 5.41) is 2.94. The lowest BCUT2D eigenvalue weighted by molar-refractivity contribution is -0.143. The van der Waals surface area contributed by atoms with Gasteiger partial charge in [-0.15, -0.1) is 0 Å². The first-order valence-electron chi connectivity index (χ1n) is 11.5. The second-order valence-electron chi connectivity index (χ2n) is 8.72. The fraction of sp³-hybridized carbons (Fsp3) is 0.286. The van der Waals surface area contributed by atoms with Crippen LogP contribution in [0.2, 0.25) is 0 Å². The van der Waals surface area contributed by atoms with Gasteiger partial charge in [0, 0.05) is 23.5 Å². The van der Waals surface area contributed by atoms with Crippen LogP contribution in [0.4, 0.5) is 4.39 Å². The molecule has 3 aromatic carbocycles. The van der Waals surface area contributed by atoms with E-state index in [1.807, 2.05) is 63.2 Å². The highest BCUT2D eigenvalue weighted by Crippen LogP contribution is 2.22. The Balaban J connectivity index is 1.90. The summed E-state index contributed by atoms with van der Waals surface area (Å²) in [5.41, 5.74) is 2.63. The number of amides is 2. The van der Waals surface area contributed by atoms with Gasteiger partial charge in [0.2, 0.25) is 5.91 Å². The van der Waals surface area contributed by atoms with Crippen LogP contribution >= 0.6 is 15.9 Å². The molecule has 0 fully saturated rings. The quantitative estimate of drug-likeness (QED) is 0.372. The average Bonchev–Trinajstić information content (AvgIpc) is 2.83. The normalized spacial score (nSPS) is 11.7. The molecule has 5 nitrogen and oxygen atoms in total. The molecular formula is C28H30BrFN2O3. The molecule has 0 bridgehead atoms. The standard InChI is InChI=1S/C28H30BrFN2O3/c1-19(2)31-28(34)26(16-21-7-5-4-6-8-21)32(17-22-9-11-23(30)12-10-22)27(33)18-35-24-13-14-25(29)20(3)15-24/h4-15,19,26H,16-18H2,1-3H3,(H,31,34)/t26-/m1/s1. The van der Waals surface area contributed by atoms with Gasteiger partial charge in [-0.1, -0.05) is 58.4 Å². The lowest BCUT2D eigenvalue weighted by Gasteiger charge is -2.32. The number of nitrogens with one attached hydrogen (secondary N) is 1. The predicted molar refractivity (Wildman–Crippen MR) is 139 cm³/mol. The third-order valence-electron chi connectivity index (χ3n) is 5.46. The summed E-state index contributed by atoms with van der Waals surface area (Å²) in [6.07, 6.45) is 0.337. The molecular weight excluding hydrogens is 511 g/mol. The molecule has 0 aromatic heterocycles. The third-order valence-corrected chi connectivity index (χ3v) is 6.35. The van der Waals surface area contributed by atoms with Gasteiger partial charge in [-0.05, 0) is 67.8 Å². The maximum atomic E-state index is 13.5. The molecule has 0 unspecified atom stereocenters. The van der Waals surface area contributed by atoms with Crippen LogP contribution in [0.1, 0.15) is 30.5 Å². The van der Waals surface area contributed by atoms with Crippen LogP contribution in [0, 0.1) is 12.7 Å². The van der Waals surface area contributed by atoms with Crippen molar-refractivity contribution in [1.29, 1.82) is 0 Å². The summed E-state index contributed by atoms with van der Waals surface area (Å²) >= 11 is 3.46. The fourth-order valence-electron chi connectivity index (χ4n) is 3.66. The molecule has 1 N–H and O–H groups in total. The van der Waals surface area contributed by atoms with Crippen LogP contribution in [-0.4, -0.2) is 35.4 Å². The number of carbonyl (C=O) groups excluding carboxylic acids is 2. The van der Waals surface area contributed by atoms with E-state index in [2.05, 4.69) is 21.2 Å². The Hall–Kier alpha value is -3.19. The molecule has 0 saturated heterocycles. The molecule has 0 spiro atoms. The van der Waals surface area contributed by atoms with E-state index in [0.717, 1.165) is 21.2 Å². The van der Waals surface area contributed by atoms with Crippen LogP contribution in [-0.2, 0) is 22.6 Å². The maximum Gasteiger partial charge on any atom is 0.261 e. The number of carbonyl (C=O) groups is 2. The minimum atomic E-state index is -0.771. The highest BCUT2D eigenvalue weighted by molar-refractivity contribution is 9.10. The van der Waals surface area contributed by atoms with Crippen molar-refractivity contribution < 1.29 is 18.7 Å². The van der Waals surface area contributed by atoms with Gasteiger partial charge in [-0.25, -0.2) is 4.39 Å². The zero-order chi connectivity index (χ0) is 25.4. The Morgan fingerprint density at radius 1 is 1.00 bits per heavy atom. The predicted octanol–water partition coefficient (Wildman–Crippen LogP) is 5.44. The maximum absolute atomic E-state index is 13.5. The fourth-order valence-corrected chi connectivity index (χ4v) is 3.90. The van der Waals surface area contributed by atoms with E-state index in [1.165, 1.54) is 17.0 Å². The van der Waals surface area contributed by atoms with Gasteiger partial charge in [0.1, 0.15) is 17.6 Å². The van der Waals surface area contributed by atoms with Gasteiger partial charge < -0.3 is 15.0 Å². The zero-order valence-corrected chi connectivity index (χ0v) is 21.7. The molecule has 0 aliphatic heterocycles. The van der Waals surface area contributed by atoms with E-state index in [-0.39, 0.29) is 36.8 Å². The van der Waals surface area contributed by atoms with Crippen molar-refractivity contribution >= 4 is 27.7 Å². The zero-order valence-electron chi connectivity index (χ0n) is 20.1. The SMILES string of the molecule is Cc1cc(OCC(=O)N(Cc2ccc(F)cc2)[C@H](Cc2ccccc2)C(=O)NC(C)C)ccc1Br. The van der Waals surface area contributed by atoms with Crippen LogP contribution in [0.5, 0.6) is 5.75 Å². The molecule has 3 rings (SSSR count). The number of rotatable bonds is 10. The smallest absolute Gasteiger partial charge is 0.261 e. The van der Waals surface area contributed by atoms with Crippen molar-refractivity contribution in [1.82, 2.24) is 10.2 Å². The second-order valence-corrected chi connectivity index (χ2v) is 9.57. The Morgan fingerprint density at radius 3 is 2.31 bits per heavy atom. The topological polar surface area (TPSA) is 58.6 Å². The van der Waals surface area contributed by atoms with Gasteiger partial charge in [0.15, 0.2) is 6.61 Å². The molecule has 7 heteroatoms. The Bertz CT molecular complexity index is 1140. The van der Waals surface area contributed by atoms with Crippen molar-refractivity contribution in [3.05, 3.63) is 99.8 Å². The van der Waals surface area contributed by atoms with E-state index in [1.54, 1.807) is 18.2 Å². The number of aryl methyl sites for hydroxylation is 1. The summed E-state index contributed by atoms with van der Waals surface area (Å²) in [6.45, 7) is 5.60. The molecule has 35 heavy (non-hydrogen) atoms. The summed E-state index contributed by atoms with van der Waals surface area (Å²) < 4.78 is 20.2. The van der Waals surface area contributed by atoms with Gasteiger partial charge in [0.25, 0.3) is 5.91 Å². The van der Waals surface area contributed by atoms with E-state index in [9.17, 15) is 14.0 Å². The van der Waals surface area contributed by atoms with Crippen molar-refractivity contribution in [2.24, 2.45) is 0 Å². The molecule has 1 atom stereocenters. The van der Waals surface area contributed by atoms with Gasteiger partial charge in [-0.2, -0.15) is 0 Å². The number of ether oxygens (including phenoxy) is 1. The highest BCUT2D eigenvalue weighted by Gasteiger charge is 2.31. The van der Waals surface area contributed by atoms with Crippen molar-refractivity contribution in [2.75, 3.05) is 6.61 Å². The molecule has 3 aromatic rings. The largest absolute Gasteiger partial charge is 0.484 e. The van der Waals surface area contributed by atoms with E-state index in [4.69, 9.17) is 4.74 Å². The molecule has 0 heterocycles. The monoisotopic (exact) mass is 540 g/mol. The number of benzene rings is 3. The minimum Gasteiger partial charge on any atom is -0.484 e. The van der Waals surface area contributed by atoms with Crippen molar-refractivity contribution in [3.63, 3.8) is 0 Å². The van der Waals surface area contributed by atoms with Crippen LogP contribution in [0.15, 0.2) is 77.3 Å². The number of hydrogen-bond acceptors (Lipinski definition) is 3. The van der Waals surface area contributed by atoms with Crippen molar-refractivity contribution in [3.8, 4) is 5.75 Å². The van der Waals surface area contributed by atoms with Gasteiger partial charge >= 0.3 is 0 Å². The number of halogens is 2. The molecule has 184 valence electrons. The highest BCUT2D eigenvalue weighted by atomic mass is 79.9. The lowest BCUT2D eigenvalue weighted by atomic mass is 10.0.